The summed E-state index contributed by atoms with van der Waals surface area (Å²) in [6, 6.07) is 13.2. The van der Waals surface area contributed by atoms with E-state index in [1.807, 2.05) is 24.3 Å². The summed E-state index contributed by atoms with van der Waals surface area (Å²) in [6.07, 6.45) is 6.35. The molecule has 0 aromatic heterocycles. The number of nitrogens with zero attached hydrogens (tertiary/aromatic N) is 3. The predicted octanol–water partition coefficient (Wildman–Crippen LogP) is 4.70. The molecule has 2 fully saturated rings. The van der Waals surface area contributed by atoms with Crippen LogP contribution in [0.15, 0.2) is 48.5 Å². The molecule has 0 radical (unpaired) electrons. The summed E-state index contributed by atoms with van der Waals surface area (Å²) in [5.41, 5.74) is 0.946. The highest BCUT2D eigenvalue weighted by molar-refractivity contribution is 7.89. The molecule has 0 spiro atoms. The molecule has 41 heavy (non-hydrogen) atoms. The van der Waals surface area contributed by atoms with Gasteiger partial charge in [-0.05, 0) is 68.4 Å². The van der Waals surface area contributed by atoms with E-state index in [-0.39, 0.29) is 41.6 Å². The molecule has 1 saturated heterocycles. The smallest absolute Gasteiger partial charge is 0.256 e. The third-order valence-corrected chi connectivity index (χ3v) is 10.2. The topological polar surface area (TPSA) is 87.2 Å². The van der Waals surface area contributed by atoms with Crippen molar-refractivity contribution in [3.63, 3.8) is 0 Å². The Morgan fingerprint density at radius 3 is 2.24 bits per heavy atom. The number of hydrogen-bond acceptors (Lipinski definition) is 5. The van der Waals surface area contributed by atoms with Gasteiger partial charge in [-0.1, -0.05) is 43.5 Å². The van der Waals surface area contributed by atoms with E-state index in [0.29, 0.717) is 44.8 Å². The molecule has 10 heteroatoms. The maximum Gasteiger partial charge on any atom is 0.256 e. The first kappa shape index (κ1) is 31.0. The second-order valence-electron chi connectivity index (χ2n) is 11.1. The van der Waals surface area contributed by atoms with Crippen molar-refractivity contribution in [2.24, 2.45) is 5.92 Å². The number of sulfonamides is 1. The fraction of sp³-hybridized carbons (Fsp3) is 0.548. The van der Waals surface area contributed by atoms with Gasteiger partial charge in [-0.15, -0.1) is 0 Å². The van der Waals surface area contributed by atoms with Gasteiger partial charge >= 0.3 is 0 Å². The van der Waals surface area contributed by atoms with E-state index in [1.165, 1.54) is 22.9 Å². The molecular weight excluding hydrogens is 545 g/mol. The van der Waals surface area contributed by atoms with Gasteiger partial charge in [0.1, 0.15) is 11.6 Å². The Bertz CT molecular complexity index is 1270. The standard InChI is InChI=1S/C31H42FN3O5S/c1-3-41(38,39)34(21-24-9-5-4-6-10-24)23-30(36)35(22-25-13-15-27(40-2)16-14-25)26-17-19-33(20-18-26)31(37)28-11-7-8-12-29(28)32/h7-8,11-16,24,26H,3-6,9-10,17-23H2,1-2H3. The van der Waals surface area contributed by atoms with Crippen LogP contribution in [-0.4, -0.2) is 79.4 Å². The molecule has 2 aromatic carbocycles. The summed E-state index contributed by atoms with van der Waals surface area (Å²) in [5, 5.41) is 0. The lowest BCUT2D eigenvalue weighted by Gasteiger charge is -2.39. The number of piperidine rings is 1. The minimum Gasteiger partial charge on any atom is -0.497 e. The van der Waals surface area contributed by atoms with Crippen molar-refractivity contribution in [3.05, 3.63) is 65.5 Å². The van der Waals surface area contributed by atoms with E-state index in [4.69, 9.17) is 4.74 Å². The Balaban J connectivity index is 1.51. The first-order chi connectivity index (χ1) is 19.7. The monoisotopic (exact) mass is 587 g/mol. The highest BCUT2D eigenvalue weighted by Crippen LogP contribution is 2.27. The maximum atomic E-state index is 14.3. The van der Waals surface area contributed by atoms with E-state index in [0.717, 1.165) is 31.2 Å². The molecule has 2 aliphatic rings. The van der Waals surface area contributed by atoms with Crippen molar-refractivity contribution >= 4 is 21.8 Å². The Kier molecular flexibility index (Phi) is 10.8. The van der Waals surface area contributed by atoms with Crippen LogP contribution in [0.4, 0.5) is 4.39 Å². The number of hydrogen-bond donors (Lipinski definition) is 0. The van der Waals surface area contributed by atoms with Gasteiger partial charge in [0.2, 0.25) is 15.9 Å². The lowest BCUT2D eigenvalue weighted by Crippen LogP contribution is -2.52. The normalized spacial score (nSPS) is 17.0. The summed E-state index contributed by atoms with van der Waals surface area (Å²) >= 11 is 0. The third kappa shape index (κ3) is 8.07. The van der Waals surface area contributed by atoms with E-state index in [9.17, 15) is 22.4 Å². The fourth-order valence-corrected chi connectivity index (χ4v) is 7.00. The Labute approximate surface area is 243 Å². The molecule has 0 atom stereocenters. The van der Waals surface area contributed by atoms with E-state index >= 15 is 0 Å². The number of halogens is 1. The molecular formula is C31H42FN3O5S. The number of benzene rings is 2. The van der Waals surface area contributed by atoms with Crippen LogP contribution in [0.2, 0.25) is 0 Å². The van der Waals surface area contributed by atoms with Crippen molar-refractivity contribution < 1.29 is 27.1 Å². The molecule has 8 nitrogen and oxygen atoms in total. The molecule has 1 heterocycles. The number of ether oxygens (including phenoxy) is 1. The Hall–Kier alpha value is -2.98. The minimum atomic E-state index is -3.57. The Morgan fingerprint density at radius 1 is 0.976 bits per heavy atom. The SMILES string of the molecule is CCS(=O)(=O)N(CC(=O)N(Cc1ccc(OC)cc1)C1CCN(C(=O)c2ccccc2F)CC1)CC1CCCCC1. The van der Waals surface area contributed by atoms with Crippen molar-refractivity contribution in [1.29, 1.82) is 0 Å². The van der Waals surface area contributed by atoms with Crippen molar-refractivity contribution in [3.8, 4) is 5.75 Å². The molecule has 2 amide bonds. The Morgan fingerprint density at radius 2 is 1.63 bits per heavy atom. The first-order valence-corrected chi connectivity index (χ1v) is 16.3. The molecule has 224 valence electrons. The van der Waals surface area contributed by atoms with Crippen LogP contribution in [-0.2, 0) is 21.4 Å². The van der Waals surface area contributed by atoms with Crippen LogP contribution < -0.4 is 4.74 Å². The van der Waals surface area contributed by atoms with Gasteiger partial charge in [0, 0.05) is 32.2 Å². The van der Waals surface area contributed by atoms with Gasteiger partial charge in [-0.3, -0.25) is 9.59 Å². The van der Waals surface area contributed by atoms with Crippen LogP contribution in [0.5, 0.6) is 5.75 Å². The predicted molar refractivity (Wildman–Crippen MR) is 156 cm³/mol. The summed E-state index contributed by atoms with van der Waals surface area (Å²) in [6.45, 7) is 2.86. The van der Waals surface area contributed by atoms with Crippen molar-refractivity contribution in [2.75, 3.05) is 39.0 Å². The zero-order valence-electron chi connectivity index (χ0n) is 24.1. The highest BCUT2D eigenvalue weighted by atomic mass is 32.2. The second kappa shape index (κ2) is 14.3. The number of methoxy groups -OCH3 is 1. The average Bonchev–Trinajstić information content (AvgIpc) is 3.00. The minimum absolute atomic E-state index is 0.0419. The molecule has 4 rings (SSSR count). The van der Waals surface area contributed by atoms with Gasteiger partial charge in [0.25, 0.3) is 5.91 Å². The van der Waals surface area contributed by atoms with Crippen molar-refractivity contribution in [2.45, 2.75) is 64.5 Å². The van der Waals surface area contributed by atoms with E-state index in [2.05, 4.69) is 0 Å². The molecule has 0 bridgehead atoms. The molecule has 2 aromatic rings. The number of rotatable bonds is 11. The first-order valence-electron chi connectivity index (χ1n) is 14.7. The largest absolute Gasteiger partial charge is 0.497 e. The highest BCUT2D eigenvalue weighted by Gasteiger charge is 2.34. The van der Waals surface area contributed by atoms with Gasteiger partial charge in [-0.2, -0.15) is 4.31 Å². The lowest BCUT2D eigenvalue weighted by molar-refractivity contribution is -0.135. The lowest BCUT2D eigenvalue weighted by atomic mass is 9.89. The summed E-state index contributed by atoms with van der Waals surface area (Å²) in [7, 11) is -1.98. The van der Waals surface area contributed by atoms with Crippen molar-refractivity contribution in [1.82, 2.24) is 14.1 Å². The maximum absolute atomic E-state index is 14.3. The molecule has 0 unspecified atom stereocenters. The van der Waals surface area contributed by atoms with Crippen LogP contribution in [0.25, 0.3) is 0 Å². The number of likely N-dealkylation sites (tertiary alicyclic amines) is 1. The molecule has 0 N–H and O–H groups in total. The zero-order chi connectivity index (χ0) is 29.4. The van der Waals surface area contributed by atoms with Gasteiger partial charge in [0.15, 0.2) is 0 Å². The second-order valence-corrected chi connectivity index (χ2v) is 13.3. The number of carbonyl (C=O) groups excluding carboxylic acids is 2. The van der Waals surface area contributed by atoms with E-state index < -0.39 is 15.8 Å². The van der Waals surface area contributed by atoms with Gasteiger partial charge in [0.05, 0.1) is 25.0 Å². The average molecular weight is 588 g/mol. The molecule has 1 aliphatic carbocycles. The van der Waals surface area contributed by atoms with Crippen LogP contribution in [0, 0.1) is 11.7 Å². The quantitative estimate of drug-likeness (QED) is 0.381. The number of amides is 2. The zero-order valence-corrected chi connectivity index (χ0v) is 25.0. The fourth-order valence-electron chi connectivity index (χ4n) is 5.89. The van der Waals surface area contributed by atoms with Gasteiger partial charge in [-0.25, -0.2) is 12.8 Å². The molecule has 1 saturated carbocycles. The summed E-state index contributed by atoms with van der Waals surface area (Å²) in [4.78, 5) is 30.3. The molecule has 1 aliphatic heterocycles. The number of carbonyl (C=O) groups is 2. The van der Waals surface area contributed by atoms with Gasteiger partial charge < -0.3 is 14.5 Å². The third-order valence-electron chi connectivity index (χ3n) is 8.39. The van der Waals surface area contributed by atoms with E-state index in [1.54, 1.807) is 36.0 Å². The summed E-state index contributed by atoms with van der Waals surface area (Å²) in [5.74, 6) is -0.233. The summed E-state index contributed by atoms with van der Waals surface area (Å²) < 4.78 is 47.1. The van der Waals surface area contributed by atoms with Crippen LogP contribution >= 0.6 is 0 Å². The van der Waals surface area contributed by atoms with Crippen LogP contribution in [0.1, 0.15) is 67.8 Å². The van der Waals surface area contributed by atoms with Crippen LogP contribution in [0.3, 0.4) is 0 Å².